The van der Waals surface area contributed by atoms with Crippen LogP contribution in [-0.4, -0.2) is 51.0 Å². The zero-order valence-electron chi connectivity index (χ0n) is 18.6. The minimum Gasteiger partial charge on any atom is -0.351 e. The maximum Gasteiger partial charge on any atom is 0.276 e. The van der Waals surface area contributed by atoms with Crippen LogP contribution in [-0.2, 0) is 11.3 Å². The number of nitrogens with one attached hydrogen (secondary N) is 2. The summed E-state index contributed by atoms with van der Waals surface area (Å²) < 4.78 is 1.46. The highest BCUT2D eigenvalue weighted by Crippen LogP contribution is 2.28. The van der Waals surface area contributed by atoms with Gasteiger partial charge in [-0.05, 0) is 50.5 Å². The molecule has 2 aliphatic rings. The second kappa shape index (κ2) is 8.58. The average molecular weight is 458 g/mol. The van der Waals surface area contributed by atoms with Crippen LogP contribution in [0.2, 0.25) is 5.02 Å². The Bertz CT molecular complexity index is 1080. The Kier molecular flexibility index (Phi) is 5.99. The highest BCUT2D eigenvalue weighted by Gasteiger charge is 2.46. The van der Waals surface area contributed by atoms with Gasteiger partial charge in [-0.25, -0.2) is 0 Å². The van der Waals surface area contributed by atoms with E-state index in [0.29, 0.717) is 10.7 Å². The van der Waals surface area contributed by atoms with E-state index in [4.69, 9.17) is 11.6 Å². The van der Waals surface area contributed by atoms with Gasteiger partial charge < -0.3 is 15.5 Å². The van der Waals surface area contributed by atoms with Crippen molar-refractivity contribution < 1.29 is 14.4 Å². The van der Waals surface area contributed by atoms with E-state index in [1.807, 2.05) is 6.92 Å². The Labute approximate surface area is 192 Å². The van der Waals surface area contributed by atoms with Gasteiger partial charge in [-0.2, -0.15) is 5.10 Å². The summed E-state index contributed by atoms with van der Waals surface area (Å²) in [4.78, 5) is 40.5. The zero-order valence-corrected chi connectivity index (χ0v) is 19.3. The van der Waals surface area contributed by atoms with Gasteiger partial charge in [-0.15, -0.1) is 0 Å². The molecule has 1 atom stereocenters. The number of carbonyl (C=O) groups excluding carboxylic acids is 3. The first-order valence-electron chi connectivity index (χ1n) is 10.9. The predicted molar refractivity (Wildman–Crippen MR) is 122 cm³/mol. The number of hydrogen-bond acceptors (Lipinski definition) is 4. The topological polar surface area (TPSA) is 96.3 Å². The van der Waals surface area contributed by atoms with Crippen LogP contribution in [0.5, 0.6) is 0 Å². The third kappa shape index (κ3) is 4.11. The van der Waals surface area contributed by atoms with Gasteiger partial charge in [0.2, 0.25) is 5.91 Å². The summed E-state index contributed by atoms with van der Waals surface area (Å²) in [6, 6.07) is 6.77. The maximum absolute atomic E-state index is 13.2. The highest BCUT2D eigenvalue weighted by atomic mass is 35.5. The number of aryl methyl sites for hydroxylation is 1. The normalized spacial score (nSPS) is 21.2. The Balaban J connectivity index is 1.54. The molecule has 0 bridgehead atoms. The summed E-state index contributed by atoms with van der Waals surface area (Å²) >= 11 is 5.98. The molecule has 32 heavy (non-hydrogen) atoms. The van der Waals surface area contributed by atoms with Crippen LogP contribution in [0.3, 0.4) is 0 Å². The molecule has 1 aromatic heterocycles. The van der Waals surface area contributed by atoms with Crippen LogP contribution in [0.15, 0.2) is 24.3 Å². The fraction of sp³-hybridized carbons (Fsp3) is 0.478. The molecular formula is C23H28ClN5O3. The van der Waals surface area contributed by atoms with E-state index < -0.39 is 11.4 Å². The molecule has 0 radical (unpaired) electrons. The number of amides is 3. The Morgan fingerprint density at radius 1 is 1.19 bits per heavy atom. The molecule has 4 rings (SSSR count). The summed E-state index contributed by atoms with van der Waals surface area (Å²) in [7, 11) is 1.62. The van der Waals surface area contributed by atoms with Crippen LogP contribution < -0.4 is 10.6 Å². The van der Waals surface area contributed by atoms with Crippen LogP contribution in [0.25, 0.3) is 0 Å². The number of rotatable bonds is 4. The molecule has 3 amide bonds. The fourth-order valence-electron chi connectivity index (χ4n) is 4.38. The predicted octanol–water partition coefficient (Wildman–Crippen LogP) is 3.39. The van der Waals surface area contributed by atoms with Crippen LogP contribution >= 0.6 is 11.6 Å². The molecular weight excluding hydrogens is 430 g/mol. The first kappa shape index (κ1) is 22.3. The number of hydrogen-bond donors (Lipinski definition) is 2. The first-order chi connectivity index (χ1) is 15.2. The molecule has 2 heterocycles. The Morgan fingerprint density at radius 2 is 1.91 bits per heavy atom. The average Bonchev–Trinajstić information content (AvgIpc) is 3.18. The lowest BCUT2D eigenvalue weighted by Crippen LogP contribution is -2.63. The number of nitrogens with zero attached hydrogens (tertiary/aromatic N) is 3. The largest absolute Gasteiger partial charge is 0.351 e. The maximum atomic E-state index is 13.2. The summed E-state index contributed by atoms with van der Waals surface area (Å²) in [5.74, 6) is -0.961. The molecule has 2 N–H and O–H groups in total. The van der Waals surface area contributed by atoms with E-state index in [1.165, 1.54) is 22.1 Å². The highest BCUT2D eigenvalue weighted by molar-refractivity contribution is 6.30. The SMILES string of the molecule is Cc1cc(Cl)ccc1NC(=O)c1cc2n(n1)CC(C)(C(=O)NC1CCCCC1)N(C)C2=O. The molecule has 0 saturated heterocycles. The van der Waals surface area contributed by atoms with Crippen LogP contribution in [0, 0.1) is 6.92 Å². The van der Waals surface area contributed by atoms with Crippen molar-refractivity contribution in [2.24, 2.45) is 0 Å². The number of likely N-dealkylation sites (N-methyl/N-ethyl adjacent to an activating group) is 1. The van der Waals surface area contributed by atoms with E-state index in [2.05, 4.69) is 15.7 Å². The quantitative estimate of drug-likeness (QED) is 0.735. The van der Waals surface area contributed by atoms with Gasteiger partial charge in [0.15, 0.2) is 5.69 Å². The van der Waals surface area contributed by atoms with Gasteiger partial charge >= 0.3 is 0 Å². The monoisotopic (exact) mass is 457 g/mol. The molecule has 1 aliphatic heterocycles. The molecule has 9 heteroatoms. The molecule has 1 unspecified atom stereocenters. The van der Waals surface area contributed by atoms with Crippen molar-refractivity contribution in [3.63, 3.8) is 0 Å². The summed E-state index contributed by atoms with van der Waals surface area (Å²) in [5.41, 5.74) is 0.748. The lowest BCUT2D eigenvalue weighted by Gasteiger charge is -2.41. The van der Waals surface area contributed by atoms with Gasteiger partial charge in [0.1, 0.15) is 11.2 Å². The standard InChI is InChI=1S/C23H28ClN5O3/c1-14-11-15(24)9-10-17(14)26-20(30)18-12-19-21(31)28(3)23(2,13-29(19)27-18)22(32)25-16-7-5-4-6-8-16/h9-12,16H,4-8,13H2,1-3H3,(H,25,32)(H,26,30). The summed E-state index contributed by atoms with van der Waals surface area (Å²) in [5, 5.41) is 10.9. The van der Waals surface area contributed by atoms with Gasteiger partial charge in [0.05, 0.1) is 6.54 Å². The third-order valence-corrected chi connectivity index (χ3v) is 6.84. The zero-order chi connectivity index (χ0) is 23.0. The van der Waals surface area contributed by atoms with E-state index in [9.17, 15) is 14.4 Å². The number of anilines is 1. The lowest BCUT2D eigenvalue weighted by atomic mass is 9.92. The van der Waals surface area contributed by atoms with Crippen molar-refractivity contribution in [2.75, 3.05) is 12.4 Å². The van der Waals surface area contributed by atoms with Crippen molar-refractivity contribution in [1.29, 1.82) is 0 Å². The van der Waals surface area contributed by atoms with E-state index in [-0.39, 0.29) is 35.8 Å². The van der Waals surface area contributed by atoms with Gasteiger partial charge in [-0.1, -0.05) is 30.9 Å². The molecule has 1 aliphatic carbocycles. The van der Waals surface area contributed by atoms with E-state index >= 15 is 0 Å². The number of carbonyl (C=O) groups is 3. The minimum atomic E-state index is -1.09. The molecule has 1 saturated carbocycles. The second-order valence-electron chi connectivity index (χ2n) is 8.93. The number of fused-ring (bicyclic) bond motifs is 1. The molecule has 2 aromatic rings. The van der Waals surface area contributed by atoms with E-state index in [1.54, 1.807) is 32.2 Å². The molecule has 1 fully saturated rings. The third-order valence-electron chi connectivity index (χ3n) is 6.60. The molecule has 170 valence electrons. The van der Waals surface area contributed by atoms with Gasteiger partial charge in [-0.3, -0.25) is 19.1 Å². The van der Waals surface area contributed by atoms with E-state index in [0.717, 1.165) is 31.2 Å². The summed E-state index contributed by atoms with van der Waals surface area (Å²) in [6.07, 6.45) is 5.32. The fourth-order valence-corrected chi connectivity index (χ4v) is 4.61. The molecule has 0 spiro atoms. The Morgan fingerprint density at radius 3 is 2.59 bits per heavy atom. The van der Waals surface area contributed by atoms with Crippen molar-refractivity contribution in [1.82, 2.24) is 20.0 Å². The van der Waals surface area contributed by atoms with Crippen molar-refractivity contribution in [3.8, 4) is 0 Å². The van der Waals surface area contributed by atoms with Crippen molar-refractivity contribution in [2.45, 2.75) is 64.1 Å². The van der Waals surface area contributed by atoms with Crippen molar-refractivity contribution in [3.05, 3.63) is 46.2 Å². The van der Waals surface area contributed by atoms with Gasteiger partial charge in [0.25, 0.3) is 11.8 Å². The van der Waals surface area contributed by atoms with Gasteiger partial charge in [0, 0.05) is 29.9 Å². The minimum absolute atomic E-state index is 0.119. The number of benzene rings is 1. The first-order valence-corrected chi connectivity index (χ1v) is 11.3. The van der Waals surface area contributed by atoms with Crippen molar-refractivity contribution >= 4 is 35.0 Å². The Hall–Kier alpha value is -2.87. The van der Waals surface area contributed by atoms with Crippen LogP contribution in [0.1, 0.15) is 65.6 Å². The molecule has 1 aromatic carbocycles. The number of halogens is 1. The van der Waals surface area contributed by atoms with Crippen LogP contribution in [0.4, 0.5) is 5.69 Å². The second-order valence-corrected chi connectivity index (χ2v) is 9.37. The number of aromatic nitrogens is 2. The summed E-state index contributed by atoms with van der Waals surface area (Å²) in [6.45, 7) is 3.76. The molecule has 8 nitrogen and oxygen atoms in total. The smallest absolute Gasteiger partial charge is 0.276 e. The lowest BCUT2D eigenvalue weighted by molar-refractivity contribution is -0.133.